The van der Waals surface area contributed by atoms with Crippen molar-refractivity contribution in [3.05, 3.63) is 58.6 Å². The zero-order valence-corrected chi connectivity index (χ0v) is 11.8. The molecule has 3 N–H and O–H groups in total. The second-order valence-corrected chi connectivity index (χ2v) is 4.85. The Hall–Kier alpha value is -2.34. The van der Waals surface area contributed by atoms with Gasteiger partial charge in [0.2, 0.25) is 0 Å². The summed E-state index contributed by atoms with van der Waals surface area (Å²) in [6.45, 7) is 0. The zero-order valence-electron chi connectivity index (χ0n) is 10.3. The topological polar surface area (TPSA) is 78.4 Å². The van der Waals surface area contributed by atoms with Gasteiger partial charge in [0.15, 0.2) is 0 Å². The molecule has 0 heterocycles. The second-order valence-electron chi connectivity index (χ2n) is 3.94. The number of hydrogen-bond donors (Lipinski definition) is 3. The van der Waals surface area contributed by atoms with Crippen molar-refractivity contribution in [2.75, 3.05) is 10.6 Å². The minimum Gasteiger partial charge on any atom is -0.478 e. The lowest BCUT2D eigenvalue weighted by Crippen LogP contribution is -2.20. The molecule has 0 saturated carbocycles. The van der Waals surface area contributed by atoms with E-state index in [4.69, 9.17) is 5.11 Å². The summed E-state index contributed by atoms with van der Waals surface area (Å²) in [5.74, 6) is -1.09. The molecule has 0 aliphatic rings. The molecule has 2 amide bonds. The normalized spacial score (nSPS) is 9.85. The minimum absolute atomic E-state index is 0.0402. The number of halogens is 1. The Bertz CT molecular complexity index is 641. The Morgan fingerprint density at radius 1 is 0.950 bits per heavy atom. The van der Waals surface area contributed by atoms with Crippen molar-refractivity contribution in [3.63, 3.8) is 0 Å². The zero-order chi connectivity index (χ0) is 14.5. The van der Waals surface area contributed by atoms with Crippen LogP contribution >= 0.6 is 15.9 Å². The van der Waals surface area contributed by atoms with E-state index in [2.05, 4.69) is 26.6 Å². The molecule has 5 nitrogen and oxygen atoms in total. The van der Waals surface area contributed by atoms with Crippen molar-refractivity contribution in [3.8, 4) is 0 Å². The summed E-state index contributed by atoms with van der Waals surface area (Å²) in [5.41, 5.74) is 0.895. The molecular weight excluding hydrogens is 324 g/mol. The maximum atomic E-state index is 11.8. The number of hydrogen-bond acceptors (Lipinski definition) is 2. The van der Waals surface area contributed by atoms with Crippen LogP contribution in [0.5, 0.6) is 0 Å². The summed E-state index contributed by atoms with van der Waals surface area (Å²) in [6, 6.07) is 12.8. The number of benzene rings is 2. The van der Waals surface area contributed by atoms with Crippen LogP contribution in [0.4, 0.5) is 16.2 Å². The highest BCUT2D eigenvalue weighted by Crippen LogP contribution is 2.17. The van der Waals surface area contributed by atoms with Gasteiger partial charge in [0, 0.05) is 10.2 Å². The highest BCUT2D eigenvalue weighted by atomic mass is 79.9. The monoisotopic (exact) mass is 334 g/mol. The highest BCUT2D eigenvalue weighted by molar-refractivity contribution is 9.10. The van der Waals surface area contributed by atoms with Crippen molar-refractivity contribution in [2.24, 2.45) is 0 Å². The lowest BCUT2D eigenvalue weighted by atomic mass is 10.2. The molecule has 0 atom stereocenters. The summed E-state index contributed by atoms with van der Waals surface area (Å²) < 4.78 is 0.902. The Labute approximate surface area is 123 Å². The van der Waals surface area contributed by atoms with Crippen LogP contribution in [0.25, 0.3) is 0 Å². The van der Waals surface area contributed by atoms with Crippen molar-refractivity contribution in [1.29, 1.82) is 0 Å². The van der Waals surface area contributed by atoms with Crippen LogP contribution in [0, 0.1) is 0 Å². The van der Waals surface area contributed by atoms with Crippen molar-refractivity contribution >= 4 is 39.3 Å². The molecule has 2 rings (SSSR count). The van der Waals surface area contributed by atoms with Crippen LogP contribution in [-0.2, 0) is 0 Å². The van der Waals surface area contributed by atoms with E-state index in [-0.39, 0.29) is 11.3 Å². The number of rotatable bonds is 3. The smallest absolute Gasteiger partial charge is 0.337 e. The van der Waals surface area contributed by atoms with Crippen molar-refractivity contribution in [1.82, 2.24) is 0 Å². The summed E-state index contributed by atoms with van der Waals surface area (Å²) in [7, 11) is 0. The first-order valence-corrected chi connectivity index (χ1v) is 6.51. The van der Waals surface area contributed by atoms with Gasteiger partial charge in [-0.25, -0.2) is 9.59 Å². The van der Waals surface area contributed by atoms with E-state index in [0.717, 1.165) is 4.47 Å². The van der Waals surface area contributed by atoms with Crippen LogP contribution in [0.2, 0.25) is 0 Å². The van der Waals surface area contributed by atoms with Crippen LogP contribution in [0.3, 0.4) is 0 Å². The predicted octanol–water partition coefficient (Wildman–Crippen LogP) is 3.79. The van der Waals surface area contributed by atoms with Gasteiger partial charge in [-0.1, -0.05) is 28.1 Å². The molecular formula is C14H11BrN2O3. The maximum absolute atomic E-state index is 11.8. The van der Waals surface area contributed by atoms with E-state index in [1.165, 1.54) is 12.1 Å². The second kappa shape index (κ2) is 6.21. The average molecular weight is 335 g/mol. The molecule has 0 aliphatic heterocycles. The summed E-state index contributed by atoms with van der Waals surface area (Å²) in [5, 5.41) is 14.2. The number of carboxylic acids is 1. The Morgan fingerprint density at radius 2 is 1.60 bits per heavy atom. The Morgan fingerprint density at radius 3 is 2.25 bits per heavy atom. The van der Waals surface area contributed by atoms with Gasteiger partial charge in [0.1, 0.15) is 0 Å². The van der Waals surface area contributed by atoms with E-state index in [1.807, 2.05) is 0 Å². The molecule has 0 aliphatic carbocycles. The Balaban J connectivity index is 2.08. The number of carboxylic acid groups (broad SMARTS) is 1. The Kier molecular flexibility index (Phi) is 4.37. The quantitative estimate of drug-likeness (QED) is 0.798. The van der Waals surface area contributed by atoms with Crippen molar-refractivity contribution in [2.45, 2.75) is 0 Å². The fraction of sp³-hybridized carbons (Fsp3) is 0. The molecule has 2 aromatic carbocycles. The molecule has 0 saturated heterocycles. The lowest BCUT2D eigenvalue weighted by Gasteiger charge is -2.09. The van der Waals surface area contributed by atoms with Crippen LogP contribution in [-0.4, -0.2) is 17.1 Å². The van der Waals surface area contributed by atoms with Crippen molar-refractivity contribution < 1.29 is 14.7 Å². The molecule has 0 unspecified atom stereocenters. The molecule has 0 aromatic heterocycles. The van der Waals surface area contributed by atoms with E-state index in [0.29, 0.717) is 5.69 Å². The maximum Gasteiger partial charge on any atom is 0.337 e. The number of carbonyl (C=O) groups is 2. The first-order chi connectivity index (χ1) is 9.56. The van der Waals surface area contributed by atoms with E-state index in [1.54, 1.807) is 36.4 Å². The van der Waals surface area contributed by atoms with E-state index >= 15 is 0 Å². The molecule has 6 heteroatoms. The van der Waals surface area contributed by atoms with Crippen LogP contribution in [0.15, 0.2) is 53.0 Å². The van der Waals surface area contributed by atoms with Gasteiger partial charge in [-0.05, 0) is 36.4 Å². The molecule has 0 spiro atoms. The standard InChI is InChI=1S/C14H11BrN2O3/c15-9-5-7-10(8-6-9)16-14(20)17-12-4-2-1-3-11(12)13(18)19/h1-8H,(H,18,19)(H2,16,17,20). The first kappa shape index (κ1) is 14.1. The number of nitrogens with one attached hydrogen (secondary N) is 2. The molecule has 0 fully saturated rings. The van der Waals surface area contributed by atoms with Gasteiger partial charge in [-0.2, -0.15) is 0 Å². The third-order valence-corrected chi connectivity index (χ3v) is 3.04. The van der Waals surface area contributed by atoms with Crippen LogP contribution < -0.4 is 10.6 Å². The third-order valence-electron chi connectivity index (χ3n) is 2.51. The highest BCUT2D eigenvalue weighted by Gasteiger charge is 2.11. The summed E-state index contributed by atoms with van der Waals surface area (Å²) >= 11 is 3.30. The SMILES string of the molecule is O=C(Nc1ccc(Br)cc1)Nc1ccccc1C(=O)O. The van der Waals surface area contributed by atoms with Gasteiger partial charge in [-0.15, -0.1) is 0 Å². The molecule has 102 valence electrons. The fourth-order valence-corrected chi connectivity index (χ4v) is 1.86. The third kappa shape index (κ3) is 3.58. The fourth-order valence-electron chi connectivity index (χ4n) is 1.60. The van der Waals surface area contributed by atoms with Gasteiger partial charge < -0.3 is 15.7 Å². The molecule has 20 heavy (non-hydrogen) atoms. The first-order valence-electron chi connectivity index (χ1n) is 5.72. The summed E-state index contributed by atoms with van der Waals surface area (Å²) in [6.07, 6.45) is 0. The van der Waals surface area contributed by atoms with Crippen LogP contribution in [0.1, 0.15) is 10.4 Å². The van der Waals surface area contributed by atoms with Gasteiger partial charge in [-0.3, -0.25) is 0 Å². The molecule has 0 radical (unpaired) electrons. The van der Waals surface area contributed by atoms with Gasteiger partial charge in [0.25, 0.3) is 0 Å². The van der Waals surface area contributed by atoms with E-state index in [9.17, 15) is 9.59 Å². The van der Waals surface area contributed by atoms with Gasteiger partial charge >= 0.3 is 12.0 Å². The largest absolute Gasteiger partial charge is 0.478 e. The summed E-state index contributed by atoms with van der Waals surface area (Å²) in [4.78, 5) is 22.8. The van der Waals surface area contributed by atoms with E-state index < -0.39 is 12.0 Å². The number of amides is 2. The minimum atomic E-state index is -1.09. The number of carbonyl (C=O) groups excluding carboxylic acids is 1. The molecule has 0 bridgehead atoms. The number of para-hydroxylation sites is 1. The number of aromatic carboxylic acids is 1. The lowest BCUT2D eigenvalue weighted by molar-refractivity contribution is 0.0698. The van der Waals surface area contributed by atoms with Gasteiger partial charge in [0.05, 0.1) is 11.3 Å². The number of anilines is 2. The molecule has 2 aromatic rings. The predicted molar refractivity (Wildman–Crippen MR) is 80.2 cm³/mol. The average Bonchev–Trinajstić information content (AvgIpc) is 2.41. The number of urea groups is 1.